The Morgan fingerprint density at radius 3 is 2.09 bits per heavy atom. The van der Waals surface area contributed by atoms with Crippen molar-refractivity contribution in [3.63, 3.8) is 0 Å². The lowest BCUT2D eigenvalue weighted by Crippen LogP contribution is -2.22. The van der Waals surface area contributed by atoms with Crippen LogP contribution in [0.4, 0.5) is 5.69 Å². The van der Waals surface area contributed by atoms with Gasteiger partial charge in [0.15, 0.2) is 11.6 Å². The first-order chi connectivity index (χ1) is 16.6. The van der Waals surface area contributed by atoms with E-state index < -0.39 is 0 Å². The van der Waals surface area contributed by atoms with Gasteiger partial charge in [-0.3, -0.25) is 14.7 Å². The number of benzene rings is 5. The lowest BCUT2D eigenvalue weighted by atomic mass is 9.83. The summed E-state index contributed by atoms with van der Waals surface area (Å²) in [5.74, 6) is -0.309. The van der Waals surface area contributed by atoms with Gasteiger partial charge in [0.25, 0.3) is 0 Å². The van der Waals surface area contributed by atoms with Crippen molar-refractivity contribution < 1.29 is 9.59 Å². The fourth-order valence-electron chi connectivity index (χ4n) is 4.61. The van der Waals surface area contributed by atoms with Gasteiger partial charge in [0, 0.05) is 27.8 Å². The number of hydrogen-bond donors (Lipinski definition) is 2. The second-order valence-corrected chi connectivity index (χ2v) is 8.29. The summed E-state index contributed by atoms with van der Waals surface area (Å²) in [6.45, 7) is 0. The highest BCUT2D eigenvalue weighted by atomic mass is 16.1. The molecule has 0 saturated carbocycles. The zero-order valence-electron chi connectivity index (χ0n) is 18.1. The van der Waals surface area contributed by atoms with Gasteiger partial charge < -0.3 is 5.73 Å². The quantitative estimate of drug-likeness (QED) is 0.226. The Bertz CT molecular complexity index is 1760. The van der Waals surface area contributed by atoms with E-state index in [4.69, 9.17) is 5.73 Å². The van der Waals surface area contributed by atoms with Gasteiger partial charge >= 0.3 is 0 Å². The van der Waals surface area contributed by atoms with Gasteiger partial charge in [0.1, 0.15) is 0 Å². The van der Waals surface area contributed by atoms with Gasteiger partial charge in [-0.25, -0.2) is 0 Å². The smallest absolute Gasteiger partial charge is 0.196 e. The van der Waals surface area contributed by atoms with Crippen LogP contribution in [0.15, 0.2) is 97.2 Å². The minimum atomic E-state index is -0.173. The van der Waals surface area contributed by atoms with Crippen LogP contribution in [0.5, 0.6) is 0 Å². The maximum Gasteiger partial charge on any atom is 0.196 e. The molecule has 0 saturated heterocycles. The van der Waals surface area contributed by atoms with Crippen molar-refractivity contribution in [3.8, 4) is 0 Å². The summed E-state index contributed by atoms with van der Waals surface area (Å²) in [6.07, 6.45) is 1.90. The number of ketones is 2. The van der Waals surface area contributed by atoms with Crippen LogP contribution in [0.2, 0.25) is 0 Å². The van der Waals surface area contributed by atoms with E-state index in [1.54, 1.807) is 42.5 Å². The molecular weight excluding hydrogens is 422 g/mol. The van der Waals surface area contributed by atoms with Crippen molar-refractivity contribution >= 4 is 49.7 Å². The Labute approximate surface area is 194 Å². The van der Waals surface area contributed by atoms with Crippen LogP contribution in [0.3, 0.4) is 0 Å². The molecule has 162 valence electrons. The molecule has 1 heterocycles. The predicted molar refractivity (Wildman–Crippen MR) is 135 cm³/mol. The van der Waals surface area contributed by atoms with Crippen molar-refractivity contribution in [2.75, 3.05) is 5.73 Å². The van der Waals surface area contributed by atoms with Gasteiger partial charge in [-0.15, -0.1) is 0 Å². The summed E-state index contributed by atoms with van der Waals surface area (Å²) >= 11 is 0. The van der Waals surface area contributed by atoms with E-state index >= 15 is 0 Å². The zero-order chi connectivity index (χ0) is 23.2. The van der Waals surface area contributed by atoms with E-state index in [2.05, 4.69) is 58.7 Å². The molecule has 7 rings (SSSR count). The Morgan fingerprint density at radius 2 is 1.29 bits per heavy atom. The third-order valence-corrected chi connectivity index (χ3v) is 6.29. The fourth-order valence-corrected chi connectivity index (χ4v) is 4.61. The molecule has 0 unspecified atom stereocenters. The molecule has 3 N–H and O–H groups in total. The molecule has 6 aromatic rings. The molecular formula is C29H19N3O2. The van der Waals surface area contributed by atoms with Crippen molar-refractivity contribution in [2.45, 2.75) is 0 Å². The van der Waals surface area contributed by atoms with E-state index in [-0.39, 0.29) is 11.6 Å². The zero-order valence-corrected chi connectivity index (χ0v) is 18.1. The molecule has 0 atom stereocenters. The first kappa shape index (κ1) is 19.9. The van der Waals surface area contributed by atoms with Gasteiger partial charge in [-0.05, 0) is 45.8 Å². The number of aromatic amines is 1. The number of aromatic nitrogens is 2. The first-order valence-corrected chi connectivity index (χ1v) is 10.9. The number of carbonyl (C=O) groups excluding carboxylic acids is 2. The van der Waals surface area contributed by atoms with Crippen molar-refractivity contribution in [2.24, 2.45) is 0 Å². The third-order valence-electron chi connectivity index (χ3n) is 6.29. The topological polar surface area (TPSA) is 88.8 Å². The minimum Gasteiger partial charge on any atom is -0.398 e. The van der Waals surface area contributed by atoms with Gasteiger partial charge in [0.05, 0.1) is 17.3 Å². The SMILES string of the molecule is Nc1cccc2c1C(=O)c1ccccc1C2=O.c1ccc2cc3c(ccc4[nH]ncc43)cc2c1. The molecule has 34 heavy (non-hydrogen) atoms. The van der Waals surface area contributed by atoms with Gasteiger partial charge in [0.2, 0.25) is 0 Å². The molecule has 0 fully saturated rings. The summed E-state index contributed by atoms with van der Waals surface area (Å²) in [5, 5.41) is 13.4. The van der Waals surface area contributed by atoms with Crippen LogP contribution in [-0.4, -0.2) is 21.8 Å². The Balaban J connectivity index is 0.000000128. The molecule has 0 bridgehead atoms. The van der Waals surface area contributed by atoms with Gasteiger partial charge in [-0.1, -0.05) is 66.7 Å². The number of anilines is 1. The monoisotopic (exact) mass is 441 g/mol. The number of H-pyrrole nitrogens is 1. The number of rotatable bonds is 0. The van der Waals surface area contributed by atoms with Crippen molar-refractivity contribution in [1.82, 2.24) is 10.2 Å². The van der Waals surface area contributed by atoms with Crippen molar-refractivity contribution in [3.05, 3.63) is 119 Å². The molecule has 1 aliphatic rings. The lowest BCUT2D eigenvalue weighted by molar-refractivity contribution is 0.0979. The fraction of sp³-hybridized carbons (Fsp3) is 0. The van der Waals surface area contributed by atoms with E-state index in [9.17, 15) is 9.59 Å². The molecule has 0 aliphatic heterocycles. The van der Waals surface area contributed by atoms with Crippen molar-refractivity contribution in [1.29, 1.82) is 0 Å². The Morgan fingerprint density at radius 1 is 0.618 bits per heavy atom. The van der Waals surface area contributed by atoms with Crippen LogP contribution in [0, 0.1) is 0 Å². The van der Waals surface area contributed by atoms with E-state index in [1.807, 2.05) is 6.20 Å². The highest BCUT2D eigenvalue weighted by Crippen LogP contribution is 2.30. The first-order valence-electron chi connectivity index (χ1n) is 10.9. The third kappa shape index (κ3) is 3.06. The Hall–Kier alpha value is -4.77. The average molecular weight is 441 g/mol. The number of nitrogens with zero attached hydrogens (tertiary/aromatic N) is 1. The molecule has 0 radical (unpaired) electrons. The molecule has 5 heteroatoms. The van der Waals surface area contributed by atoms with Crippen LogP contribution in [-0.2, 0) is 0 Å². The summed E-state index contributed by atoms with van der Waals surface area (Å²) in [4.78, 5) is 24.4. The van der Waals surface area contributed by atoms with E-state index in [1.165, 1.54) is 26.9 Å². The van der Waals surface area contributed by atoms with Crippen LogP contribution >= 0.6 is 0 Å². The highest BCUT2D eigenvalue weighted by molar-refractivity contribution is 6.30. The second kappa shape index (κ2) is 7.67. The van der Waals surface area contributed by atoms with Crippen LogP contribution in [0.1, 0.15) is 31.8 Å². The number of nitrogens with two attached hydrogens (primary N) is 1. The number of hydrogen-bond acceptors (Lipinski definition) is 4. The molecule has 5 aromatic carbocycles. The molecule has 5 nitrogen and oxygen atoms in total. The largest absolute Gasteiger partial charge is 0.398 e. The average Bonchev–Trinajstić information content (AvgIpc) is 3.36. The van der Waals surface area contributed by atoms with E-state index in [0.717, 1.165) is 5.52 Å². The number of nitrogens with one attached hydrogen (secondary N) is 1. The highest BCUT2D eigenvalue weighted by Gasteiger charge is 2.30. The number of nitrogen functional groups attached to an aromatic ring is 1. The summed E-state index contributed by atoms with van der Waals surface area (Å²) in [5.41, 5.74) is 8.84. The summed E-state index contributed by atoms with van der Waals surface area (Å²) < 4.78 is 0. The number of carbonyl (C=O) groups is 2. The molecule has 1 aromatic heterocycles. The minimum absolute atomic E-state index is 0.137. The van der Waals surface area contributed by atoms with E-state index in [0.29, 0.717) is 27.9 Å². The maximum atomic E-state index is 12.2. The predicted octanol–water partition coefficient (Wildman–Crippen LogP) is 5.91. The standard InChI is InChI=1S/C15H10N2.C14H9NO2/c1-2-4-11-8-13-12(7-10(11)3-1)5-6-15-14(13)9-16-17-15;15-11-7-3-6-10-12(11)14(17)9-5-2-1-4-8(9)13(10)16/h1-9H,(H,16,17);1-7H,15H2. The lowest BCUT2D eigenvalue weighted by Gasteiger charge is -2.18. The van der Waals surface area contributed by atoms with Crippen LogP contribution < -0.4 is 5.73 Å². The Kier molecular flexibility index (Phi) is 4.49. The molecule has 1 aliphatic carbocycles. The summed E-state index contributed by atoms with van der Waals surface area (Å²) in [7, 11) is 0. The number of fused-ring (bicyclic) bond motifs is 6. The molecule has 0 amide bonds. The van der Waals surface area contributed by atoms with Crippen LogP contribution in [0.25, 0.3) is 32.4 Å². The summed E-state index contributed by atoms with van der Waals surface area (Å²) in [6, 6.07) is 28.9. The molecule has 0 spiro atoms. The van der Waals surface area contributed by atoms with Gasteiger partial charge in [-0.2, -0.15) is 5.10 Å². The second-order valence-electron chi connectivity index (χ2n) is 8.29. The maximum absolute atomic E-state index is 12.2. The normalized spacial score (nSPS) is 12.4.